The highest BCUT2D eigenvalue weighted by Crippen LogP contribution is 2.27. The van der Waals surface area contributed by atoms with E-state index in [-0.39, 0.29) is 18.2 Å². The van der Waals surface area contributed by atoms with Crippen molar-refractivity contribution in [2.75, 3.05) is 29.4 Å². The van der Waals surface area contributed by atoms with Gasteiger partial charge in [-0.3, -0.25) is 4.79 Å². The molecule has 2 aromatic rings. The Morgan fingerprint density at radius 1 is 1.04 bits per heavy atom. The van der Waals surface area contributed by atoms with Crippen molar-refractivity contribution in [1.29, 1.82) is 0 Å². The van der Waals surface area contributed by atoms with E-state index in [4.69, 9.17) is 0 Å². The zero-order chi connectivity index (χ0) is 16.2. The molecule has 120 valence electrons. The third-order valence-electron chi connectivity index (χ3n) is 4.18. The van der Waals surface area contributed by atoms with Gasteiger partial charge in [-0.1, -0.05) is 24.3 Å². The monoisotopic (exact) mass is 312 g/mol. The van der Waals surface area contributed by atoms with Crippen LogP contribution in [0.5, 0.6) is 5.75 Å². The predicted molar refractivity (Wildman–Crippen MR) is 90.1 cm³/mol. The summed E-state index contributed by atoms with van der Waals surface area (Å²) in [5, 5.41) is 18.9. The normalized spacial score (nSPS) is 18.0. The highest BCUT2D eigenvalue weighted by Gasteiger charge is 2.29. The third-order valence-corrected chi connectivity index (χ3v) is 4.18. The second-order valence-electron chi connectivity index (χ2n) is 5.75. The summed E-state index contributed by atoms with van der Waals surface area (Å²) in [6, 6.07) is 16.9. The minimum atomic E-state index is -0.810. The first kappa shape index (κ1) is 15.2. The van der Waals surface area contributed by atoms with Crippen LogP contribution in [-0.2, 0) is 4.79 Å². The molecule has 0 amide bonds. The smallest absolute Gasteiger partial charge is 0.305 e. The van der Waals surface area contributed by atoms with E-state index in [0.29, 0.717) is 6.54 Å². The van der Waals surface area contributed by atoms with Gasteiger partial charge in [-0.2, -0.15) is 0 Å². The molecule has 0 aliphatic carbocycles. The van der Waals surface area contributed by atoms with Gasteiger partial charge in [0.2, 0.25) is 0 Å². The molecule has 5 nitrogen and oxygen atoms in total. The van der Waals surface area contributed by atoms with Crippen molar-refractivity contribution in [1.82, 2.24) is 0 Å². The summed E-state index contributed by atoms with van der Waals surface area (Å²) in [4.78, 5) is 15.6. The maximum Gasteiger partial charge on any atom is 0.305 e. The Morgan fingerprint density at radius 2 is 1.78 bits per heavy atom. The van der Waals surface area contributed by atoms with Crippen LogP contribution >= 0.6 is 0 Å². The highest BCUT2D eigenvalue weighted by molar-refractivity contribution is 5.69. The Morgan fingerprint density at radius 3 is 2.48 bits per heavy atom. The van der Waals surface area contributed by atoms with E-state index < -0.39 is 5.97 Å². The molecule has 3 rings (SSSR count). The van der Waals surface area contributed by atoms with E-state index in [2.05, 4.69) is 9.80 Å². The summed E-state index contributed by atoms with van der Waals surface area (Å²) in [5.74, 6) is -0.614. The number of carbonyl (C=O) groups is 1. The zero-order valence-electron chi connectivity index (χ0n) is 12.8. The van der Waals surface area contributed by atoms with Crippen LogP contribution in [0.15, 0.2) is 54.6 Å². The van der Waals surface area contributed by atoms with Crippen molar-refractivity contribution in [2.45, 2.75) is 12.5 Å². The Bertz CT molecular complexity index is 675. The van der Waals surface area contributed by atoms with Gasteiger partial charge in [0.25, 0.3) is 0 Å². The quantitative estimate of drug-likeness (QED) is 0.908. The Hall–Kier alpha value is -2.69. The average Bonchev–Trinajstić information content (AvgIpc) is 2.55. The first-order valence-electron chi connectivity index (χ1n) is 7.71. The van der Waals surface area contributed by atoms with E-state index in [0.717, 1.165) is 24.5 Å². The van der Waals surface area contributed by atoms with Crippen LogP contribution in [0.3, 0.4) is 0 Å². The lowest BCUT2D eigenvalue weighted by atomic mass is 10.1. The standard InChI is InChI=1S/C18H20N2O3/c21-17-8-4-7-15(11-17)20-10-9-19(13-16(20)12-18(22)23)14-5-2-1-3-6-14/h1-8,11,16,21H,9-10,12-13H2,(H,22,23). The Labute approximate surface area is 135 Å². The number of carboxylic acid groups (broad SMARTS) is 1. The molecule has 1 heterocycles. The molecule has 2 N–H and O–H groups in total. The average molecular weight is 312 g/mol. The minimum Gasteiger partial charge on any atom is -0.508 e. The van der Waals surface area contributed by atoms with E-state index in [9.17, 15) is 15.0 Å². The van der Waals surface area contributed by atoms with Crippen molar-refractivity contribution in [3.05, 3.63) is 54.6 Å². The molecule has 1 atom stereocenters. The van der Waals surface area contributed by atoms with Gasteiger partial charge in [0.1, 0.15) is 5.75 Å². The number of piperazine rings is 1. The number of nitrogens with zero attached hydrogens (tertiary/aromatic N) is 2. The second kappa shape index (κ2) is 6.60. The molecule has 0 radical (unpaired) electrons. The van der Waals surface area contributed by atoms with Gasteiger partial charge in [-0.25, -0.2) is 0 Å². The predicted octanol–water partition coefficient (Wildman–Crippen LogP) is 2.56. The van der Waals surface area contributed by atoms with Crippen molar-refractivity contribution in [3.8, 4) is 5.75 Å². The van der Waals surface area contributed by atoms with Gasteiger partial charge in [-0.15, -0.1) is 0 Å². The molecule has 1 saturated heterocycles. The van der Waals surface area contributed by atoms with Crippen LogP contribution in [0.2, 0.25) is 0 Å². The van der Waals surface area contributed by atoms with Gasteiger partial charge < -0.3 is 20.0 Å². The summed E-state index contributed by atoms with van der Waals surface area (Å²) < 4.78 is 0. The summed E-state index contributed by atoms with van der Waals surface area (Å²) in [5.41, 5.74) is 1.97. The molecule has 0 aromatic heterocycles. The number of phenolic OH excluding ortho intramolecular Hbond substituents is 1. The topological polar surface area (TPSA) is 64.0 Å². The van der Waals surface area contributed by atoms with Gasteiger partial charge in [0, 0.05) is 37.1 Å². The van der Waals surface area contributed by atoms with Crippen LogP contribution in [0.1, 0.15) is 6.42 Å². The fraction of sp³-hybridized carbons (Fsp3) is 0.278. The van der Waals surface area contributed by atoms with Crippen molar-refractivity contribution in [3.63, 3.8) is 0 Å². The fourth-order valence-corrected chi connectivity index (χ4v) is 3.12. The van der Waals surface area contributed by atoms with Crippen molar-refractivity contribution < 1.29 is 15.0 Å². The molecule has 0 spiro atoms. The number of aromatic hydroxyl groups is 1. The molecule has 23 heavy (non-hydrogen) atoms. The molecule has 1 fully saturated rings. The Kier molecular flexibility index (Phi) is 4.37. The number of aliphatic carboxylic acids is 1. The number of para-hydroxylation sites is 1. The first-order valence-corrected chi connectivity index (χ1v) is 7.71. The molecular formula is C18H20N2O3. The Balaban J connectivity index is 1.83. The van der Waals surface area contributed by atoms with Crippen LogP contribution < -0.4 is 9.80 Å². The summed E-state index contributed by atoms with van der Waals surface area (Å²) in [6.45, 7) is 2.18. The van der Waals surface area contributed by atoms with Crippen molar-refractivity contribution >= 4 is 17.3 Å². The van der Waals surface area contributed by atoms with Crippen molar-refractivity contribution in [2.24, 2.45) is 0 Å². The molecule has 0 saturated carbocycles. The van der Waals surface area contributed by atoms with Gasteiger partial charge in [0.05, 0.1) is 12.5 Å². The number of benzene rings is 2. The number of phenols is 1. The maximum absolute atomic E-state index is 11.3. The van der Waals surface area contributed by atoms with E-state index >= 15 is 0 Å². The number of rotatable bonds is 4. The van der Waals surface area contributed by atoms with Gasteiger partial charge >= 0.3 is 5.97 Å². The SMILES string of the molecule is O=C(O)CC1CN(c2ccccc2)CCN1c1cccc(O)c1. The lowest BCUT2D eigenvalue weighted by molar-refractivity contribution is -0.137. The minimum absolute atomic E-state index is 0.0684. The summed E-state index contributed by atoms with van der Waals surface area (Å²) in [7, 11) is 0. The van der Waals surface area contributed by atoms with Crippen LogP contribution in [0.25, 0.3) is 0 Å². The fourth-order valence-electron chi connectivity index (χ4n) is 3.12. The lowest BCUT2D eigenvalue weighted by Crippen LogP contribution is -2.54. The van der Waals surface area contributed by atoms with Gasteiger partial charge in [0.15, 0.2) is 0 Å². The van der Waals surface area contributed by atoms with Gasteiger partial charge in [-0.05, 0) is 24.3 Å². The molecular weight excluding hydrogens is 292 g/mol. The summed E-state index contributed by atoms with van der Waals surface area (Å²) in [6.07, 6.45) is 0.0684. The summed E-state index contributed by atoms with van der Waals surface area (Å²) >= 11 is 0. The molecule has 1 aliphatic rings. The number of carboxylic acids is 1. The molecule has 0 bridgehead atoms. The maximum atomic E-state index is 11.3. The van der Waals surface area contributed by atoms with Crippen LogP contribution in [0.4, 0.5) is 11.4 Å². The third kappa shape index (κ3) is 3.56. The lowest BCUT2D eigenvalue weighted by Gasteiger charge is -2.43. The highest BCUT2D eigenvalue weighted by atomic mass is 16.4. The van der Waals surface area contributed by atoms with Crippen LogP contribution in [-0.4, -0.2) is 41.9 Å². The zero-order valence-corrected chi connectivity index (χ0v) is 12.8. The van der Waals surface area contributed by atoms with E-state index in [1.54, 1.807) is 18.2 Å². The molecule has 1 aliphatic heterocycles. The first-order chi connectivity index (χ1) is 11.1. The largest absolute Gasteiger partial charge is 0.508 e. The second-order valence-corrected chi connectivity index (χ2v) is 5.75. The molecule has 5 heteroatoms. The molecule has 1 unspecified atom stereocenters. The van der Waals surface area contributed by atoms with Crippen LogP contribution in [0, 0.1) is 0 Å². The molecule has 2 aromatic carbocycles. The number of anilines is 2. The number of hydrogen-bond acceptors (Lipinski definition) is 4. The van der Waals surface area contributed by atoms with E-state index in [1.807, 2.05) is 36.4 Å². The van der Waals surface area contributed by atoms with E-state index in [1.165, 1.54) is 0 Å². The number of hydrogen-bond donors (Lipinski definition) is 2.